The highest BCUT2D eigenvalue weighted by Gasteiger charge is 2.41. The van der Waals surface area contributed by atoms with E-state index >= 15 is 0 Å². The Labute approximate surface area is 184 Å². The zero-order valence-electron chi connectivity index (χ0n) is 16.6. The van der Waals surface area contributed by atoms with Crippen LogP contribution in [0.3, 0.4) is 0 Å². The molecule has 1 aliphatic rings. The minimum Gasteiger partial charge on any atom is -0.382 e. The third kappa shape index (κ3) is 9.25. The number of hydrogen-bond acceptors (Lipinski definition) is 4. The van der Waals surface area contributed by atoms with E-state index in [4.69, 9.17) is 4.74 Å². The molecule has 1 saturated carbocycles. The third-order valence-electron chi connectivity index (χ3n) is 4.68. The van der Waals surface area contributed by atoms with Crippen LogP contribution in [0, 0.1) is 5.41 Å². The molecule has 0 radical (unpaired) electrons. The number of nitrogens with one attached hydrogen (secondary N) is 2. The summed E-state index contributed by atoms with van der Waals surface area (Å²) in [5, 5.41) is 8.89. The van der Waals surface area contributed by atoms with E-state index in [-0.39, 0.29) is 36.4 Å². The summed E-state index contributed by atoms with van der Waals surface area (Å²) in [4.78, 5) is 19.2. The van der Waals surface area contributed by atoms with Gasteiger partial charge in [-0.25, -0.2) is 4.99 Å². The van der Waals surface area contributed by atoms with Crippen molar-refractivity contribution in [1.29, 1.82) is 0 Å². The lowest BCUT2D eigenvalue weighted by molar-refractivity contribution is -0.127. The Balaban J connectivity index is 0.00000364. The van der Waals surface area contributed by atoms with E-state index in [2.05, 4.69) is 33.1 Å². The molecule has 6 nitrogen and oxygen atoms in total. The highest BCUT2D eigenvalue weighted by molar-refractivity contribution is 14.0. The molecule has 1 aliphatic carbocycles. The van der Waals surface area contributed by atoms with Gasteiger partial charge in [-0.05, 0) is 49.5 Å². The summed E-state index contributed by atoms with van der Waals surface area (Å²) < 4.78 is 5.51. The maximum absolute atomic E-state index is 11.8. The molecule has 0 unspecified atom stereocenters. The quantitative estimate of drug-likeness (QED) is 0.209. The minimum atomic E-state index is 0. The second-order valence-corrected chi connectivity index (χ2v) is 8.04. The summed E-state index contributed by atoms with van der Waals surface area (Å²) in [5.41, 5.74) is 0.330. The Morgan fingerprint density at radius 3 is 2.74 bits per heavy atom. The second-order valence-electron chi connectivity index (χ2n) is 7.01. The van der Waals surface area contributed by atoms with Gasteiger partial charge in [0.15, 0.2) is 5.96 Å². The zero-order chi connectivity index (χ0) is 18.8. The molecule has 1 heterocycles. The molecule has 27 heavy (non-hydrogen) atoms. The van der Waals surface area contributed by atoms with Gasteiger partial charge in [-0.2, -0.15) is 0 Å². The monoisotopic (exact) mass is 508 g/mol. The first-order chi connectivity index (χ1) is 12.5. The van der Waals surface area contributed by atoms with Gasteiger partial charge in [0, 0.05) is 45.3 Å². The summed E-state index contributed by atoms with van der Waals surface area (Å²) in [6.07, 6.45) is 4.49. The van der Waals surface area contributed by atoms with Crippen molar-refractivity contribution in [3.8, 4) is 0 Å². The standard InChI is InChI=1S/C19H32N4O2S.HI/c1-4-25-12-10-19(8-9-19)15-22-18(21-14-17(24)23(2)3)20-11-7-16-6-5-13-26-16;/h5-6,13H,4,7-12,14-15H2,1-3H3,(H2,20,21,22);1H. The molecule has 1 amide bonds. The summed E-state index contributed by atoms with van der Waals surface area (Å²) >= 11 is 1.76. The van der Waals surface area contributed by atoms with Crippen LogP contribution in [-0.2, 0) is 16.0 Å². The van der Waals surface area contributed by atoms with Crippen LogP contribution < -0.4 is 10.6 Å². The molecule has 2 N–H and O–H groups in total. The van der Waals surface area contributed by atoms with E-state index < -0.39 is 0 Å². The van der Waals surface area contributed by atoms with E-state index in [0.717, 1.165) is 45.1 Å². The number of hydrogen-bond donors (Lipinski definition) is 2. The van der Waals surface area contributed by atoms with Crippen LogP contribution in [0.2, 0.25) is 0 Å². The first-order valence-electron chi connectivity index (χ1n) is 9.37. The molecule has 0 aliphatic heterocycles. The predicted molar refractivity (Wildman–Crippen MR) is 123 cm³/mol. The lowest BCUT2D eigenvalue weighted by atomic mass is 10.0. The SMILES string of the molecule is CCOCCC1(CNC(=NCC(=O)N(C)C)NCCc2cccs2)CC1.I. The number of guanidine groups is 1. The fraction of sp³-hybridized carbons (Fsp3) is 0.684. The van der Waals surface area contributed by atoms with E-state index in [0.29, 0.717) is 5.41 Å². The van der Waals surface area contributed by atoms with Crippen molar-refractivity contribution in [2.24, 2.45) is 10.4 Å². The smallest absolute Gasteiger partial charge is 0.243 e. The first kappa shape index (κ1) is 24.2. The summed E-state index contributed by atoms with van der Waals surface area (Å²) in [7, 11) is 3.50. The number of thiophene rings is 1. The van der Waals surface area contributed by atoms with Gasteiger partial charge in [-0.1, -0.05) is 6.07 Å². The number of carbonyl (C=O) groups excluding carboxylic acids is 1. The van der Waals surface area contributed by atoms with Crippen LogP contribution in [0.4, 0.5) is 0 Å². The molecule has 0 spiro atoms. The van der Waals surface area contributed by atoms with Crippen LogP contribution >= 0.6 is 35.3 Å². The lowest BCUT2D eigenvalue weighted by Gasteiger charge is -2.19. The number of carbonyl (C=O) groups is 1. The largest absolute Gasteiger partial charge is 0.382 e. The highest BCUT2D eigenvalue weighted by atomic mass is 127. The molecule has 1 fully saturated rings. The highest BCUT2D eigenvalue weighted by Crippen LogP contribution is 2.48. The normalized spacial score (nSPS) is 15.0. The zero-order valence-corrected chi connectivity index (χ0v) is 19.8. The number of rotatable bonds is 11. The maximum Gasteiger partial charge on any atom is 0.243 e. The van der Waals surface area contributed by atoms with Gasteiger partial charge in [0.05, 0.1) is 0 Å². The van der Waals surface area contributed by atoms with Gasteiger partial charge < -0.3 is 20.3 Å². The Morgan fingerprint density at radius 1 is 1.37 bits per heavy atom. The van der Waals surface area contributed by atoms with Crippen molar-refractivity contribution in [1.82, 2.24) is 15.5 Å². The Kier molecular flexibility index (Phi) is 11.2. The number of amides is 1. The topological polar surface area (TPSA) is 66.0 Å². The Hall–Kier alpha value is -0.870. The fourth-order valence-corrected chi connectivity index (χ4v) is 3.33. The van der Waals surface area contributed by atoms with E-state index in [1.807, 2.05) is 6.92 Å². The molecule has 8 heteroatoms. The molecule has 0 saturated heterocycles. The van der Waals surface area contributed by atoms with Crippen LogP contribution in [0.25, 0.3) is 0 Å². The van der Waals surface area contributed by atoms with Crippen molar-refractivity contribution in [3.63, 3.8) is 0 Å². The molecular formula is C19H33IN4O2S. The number of likely N-dealkylation sites (N-methyl/N-ethyl adjacent to an activating group) is 1. The van der Waals surface area contributed by atoms with E-state index in [1.54, 1.807) is 30.3 Å². The summed E-state index contributed by atoms with van der Waals surface area (Å²) in [6.45, 7) is 5.45. The first-order valence-corrected chi connectivity index (χ1v) is 10.2. The molecule has 1 aromatic heterocycles. The Bertz CT molecular complexity index is 574. The van der Waals surface area contributed by atoms with Gasteiger partial charge in [-0.15, -0.1) is 35.3 Å². The van der Waals surface area contributed by atoms with Gasteiger partial charge in [0.1, 0.15) is 6.54 Å². The van der Waals surface area contributed by atoms with Crippen LogP contribution in [0.5, 0.6) is 0 Å². The van der Waals surface area contributed by atoms with Crippen molar-refractivity contribution in [2.75, 3.05) is 46.9 Å². The Morgan fingerprint density at radius 2 is 2.15 bits per heavy atom. The average Bonchev–Trinajstić information content (AvgIpc) is 3.19. The second kappa shape index (κ2) is 12.6. The molecule has 0 bridgehead atoms. The fourth-order valence-electron chi connectivity index (χ4n) is 2.62. The maximum atomic E-state index is 11.8. The van der Waals surface area contributed by atoms with Gasteiger partial charge in [0.25, 0.3) is 0 Å². The minimum absolute atomic E-state index is 0. The molecule has 1 aromatic rings. The average molecular weight is 508 g/mol. The number of halogens is 1. The molecular weight excluding hydrogens is 475 g/mol. The van der Waals surface area contributed by atoms with Crippen LogP contribution in [-0.4, -0.2) is 63.7 Å². The third-order valence-corrected chi connectivity index (χ3v) is 5.62. The van der Waals surface area contributed by atoms with Gasteiger partial charge >= 0.3 is 0 Å². The molecule has 154 valence electrons. The molecule has 0 atom stereocenters. The van der Waals surface area contributed by atoms with Crippen LogP contribution in [0.15, 0.2) is 22.5 Å². The van der Waals surface area contributed by atoms with Gasteiger partial charge in [0.2, 0.25) is 5.91 Å². The summed E-state index contributed by atoms with van der Waals surface area (Å²) in [6, 6.07) is 4.21. The van der Waals surface area contributed by atoms with E-state index in [1.165, 1.54) is 17.7 Å². The molecule has 0 aromatic carbocycles. The van der Waals surface area contributed by atoms with Crippen molar-refractivity contribution in [2.45, 2.75) is 32.6 Å². The lowest BCUT2D eigenvalue weighted by Crippen LogP contribution is -2.42. The van der Waals surface area contributed by atoms with E-state index in [9.17, 15) is 4.79 Å². The van der Waals surface area contributed by atoms with Crippen molar-refractivity contribution < 1.29 is 9.53 Å². The number of ether oxygens (including phenoxy) is 1. The molecule has 2 rings (SSSR count). The van der Waals surface area contributed by atoms with Crippen molar-refractivity contribution >= 4 is 47.2 Å². The van der Waals surface area contributed by atoms with Crippen molar-refractivity contribution in [3.05, 3.63) is 22.4 Å². The number of nitrogens with zero attached hydrogens (tertiary/aromatic N) is 2. The summed E-state index contributed by atoms with van der Waals surface area (Å²) in [5.74, 6) is 0.723. The number of aliphatic imine (C=N–C) groups is 1. The predicted octanol–water partition coefficient (Wildman–Crippen LogP) is 2.74. The van der Waals surface area contributed by atoms with Crippen LogP contribution in [0.1, 0.15) is 31.1 Å². The van der Waals surface area contributed by atoms with Gasteiger partial charge in [-0.3, -0.25) is 4.79 Å².